The van der Waals surface area contributed by atoms with Crippen LogP contribution in [0.4, 0.5) is 0 Å². The van der Waals surface area contributed by atoms with Crippen molar-refractivity contribution >= 4 is 21.9 Å². The van der Waals surface area contributed by atoms with Gasteiger partial charge in [0.1, 0.15) is 5.65 Å². The molecule has 0 saturated carbocycles. The van der Waals surface area contributed by atoms with Crippen molar-refractivity contribution in [1.82, 2.24) is 9.55 Å². The highest BCUT2D eigenvalue weighted by Crippen LogP contribution is 2.48. The molecule has 7 aromatic carbocycles. The van der Waals surface area contributed by atoms with Gasteiger partial charge in [-0.1, -0.05) is 133 Å². The third-order valence-electron chi connectivity index (χ3n) is 10.1. The molecule has 0 radical (unpaired) electrons. The molecule has 228 valence electrons. The van der Waals surface area contributed by atoms with E-state index in [1.54, 1.807) is 0 Å². The Labute approximate surface area is 285 Å². The second-order valence-corrected chi connectivity index (χ2v) is 12.8. The molecule has 10 rings (SSSR count). The van der Waals surface area contributed by atoms with Crippen LogP contribution in [-0.2, 0) is 0 Å². The Morgan fingerprint density at radius 3 is 1.39 bits per heavy atom. The minimum Gasteiger partial charge on any atom is -0.294 e. The first-order valence-corrected chi connectivity index (χ1v) is 16.8. The van der Waals surface area contributed by atoms with Gasteiger partial charge in [0, 0.05) is 22.7 Å². The maximum atomic E-state index is 4.78. The topological polar surface area (TPSA) is 17.8 Å². The van der Waals surface area contributed by atoms with Crippen LogP contribution in [0.5, 0.6) is 0 Å². The zero-order valence-electron chi connectivity index (χ0n) is 26.7. The molecule has 49 heavy (non-hydrogen) atoms. The van der Waals surface area contributed by atoms with Crippen molar-refractivity contribution < 1.29 is 0 Å². The van der Waals surface area contributed by atoms with Gasteiger partial charge >= 0.3 is 0 Å². The zero-order chi connectivity index (χ0) is 32.3. The molecule has 9 aromatic rings. The monoisotopic (exact) mass is 622 g/mol. The van der Waals surface area contributed by atoms with E-state index in [4.69, 9.17) is 4.98 Å². The van der Waals surface area contributed by atoms with Gasteiger partial charge in [-0.3, -0.25) is 4.57 Å². The molecule has 2 heterocycles. The van der Waals surface area contributed by atoms with E-state index in [9.17, 15) is 0 Å². The van der Waals surface area contributed by atoms with Crippen molar-refractivity contribution in [2.24, 2.45) is 0 Å². The molecule has 0 amide bonds. The van der Waals surface area contributed by atoms with Crippen LogP contribution in [0, 0.1) is 0 Å². The predicted molar refractivity (Wildman–Crippen MR) is 205 cm³/mol. The quantitative estimate of drug-likeness (QED) is 0.192. The van der Waals surface area contributed by atoms with Crippen molar-refractivity contribution in [3.05, 3.63) is 182 Å². The third kappa shape index (κ3) is 4.38. The van der Waals surface area contributed by atoms with Crippen LogP contribution in [0.3, 0.4) is 0 Å². The fraction of sp³-hybridized carbons (Fsp3) is 0. The number of rotatable bonds is 3. The molecular formula is C47H30N2. The molecule has 0 aliphatic heterocycles. The van der Waals surface area contributed by atoms with Crippen molar-refractivity contribution in [3.8, 4) is 72.4 Å². The largest absolute Gasteiger partial charge is 0.294 e. The predicted octanol–water partition coefficient (Wildman–Crippen LogP) is 12.5. The van der Waals surface area contributed by atoms with Crippen molar-refractivity contribution in [3.63, 3.8) is 0 Å². The van der Waals surface area contributed by atoms with Gasteiger partial charge in [0.15, 0.2) is 0 Å². The Bertz CT molecular complexity index is 2690. The Morgan fingerprint density at radius 2 is 0.796 bits per heavy atom. The number of hydrogen-bond donors (Lipinski definition) is 0. The Morgan fingerprint density at radius 1 is 0.327 bits per heavy atom. The van der Waals surface area contributed by atoms with E-state index in [1.165, 1.54) is 72.1 Å². The fourth-order valence-electron chi connectivity index (χ4n) is 7.76. The molecule has 0 N–H and O–H groups in total. The van der Waals surface area contributed by atoms with Crippen molar-refractivity contribution in [2.45, 2.75) is 0 Å². The minimum atomic E-state index is 0.975. The Balaban J connectivity index is 1.08. The van der Waals surface area contributed by atoms with Crippen LogP contribution >= 0.6 is 0 Å². The highest BCUT2D eigenvalue weighted by molar-refractivity contribution is 6.09. The second-order valence-electron chi connectivity index (χ2n) is 12.8. The number of hydrogen-bond acceptors (Lipinski definition) is 1. The maximum absolute atomic E-state index is 4.78. The summed E-state index contributed by atoms with van der Waals surface area (Å²) in [6.45, 7) is 0. The lowest BCUT2D eigenvalue weighted by atomic mass is 9.80. The van der Waals surface area contributed by atoms with Gasteiger partial charge in [0.05, 0.1) is 5.52 Å². The van der Waals surface area contributed by atoms with Gasteiger partial charge in [0.25, 0.3) is 0 Å². The molecular weight excluding hydrogens is 593 g/mol. The number of benzene rings is 7. The van der Waals surface area contributed by atoms with Gasteiger partial charge < -0.3 is 0 Å². The maximum Gasteiger partial charge on any atom is 0.145 e. The second kappa shape index (κ2) is 11.0. The summed E-state index contributed by atoms with van der Waals surface area (Å²) in [4.78, 5) is 4.78. The van der Waals surface area contributed by atoms with Gasteiger partial charge in [-0.05, 0) is 109 Å². The van der Waals surface area contributed by atoms with Gasteiger partial charge in [-0.25, -0.2) is 4.98 Å². The number of fused-ring (bicyclic) bond motifs is 11. The van der Waals surface area contributed by atoms with E-state index in [1.807, 2.05) is 12.3 Å². The Hall–Kier alpha value is -6.51. The molecule has 0 bridgehead atoms. The fourth-order valence-corrected chi connectivity index (χ4v) is 7.76. The van der Waals surface area contributed by atoms with Gasteiger partial charge in [-0.15, -0.1) is 0 Å². The van der Waals surface area contributed by atoms with E-state index in [0.717, 1.165) is 22.2 Å². The van der Waals surface area contributed by atoms with Crippen molar-refractivity contribution in [2.75, 3.05) is 0 Å². The lowest BCUT2D eigenvalue weighted by molar-refractivity contribution is 1.14. The minimum absolute atomic E-state index is 0.975. The standard InChI is InChI=1S/C47H30N2/c1-2-11-35(12-3-1)49-46-27-25-34(30-45(46)43-19-10-28-48-47(43)49)32-22-20-31(21-23-32)33-24-26-42-40-17-7-6-15-38(40)36-13-4-5-14-37(36)39-16-8-9-18-41(39)44(42)29-33/h1-30H. The average Bonchev–Trinajstić information content (AvgIpc) is 3.51. The number of pyridine rings is 1. The van der Waals surface area contributed by atoms with E-state index in [-0.39, 0.29) is 0 Å². The number of aromatic nitrogens is 2. The molecule has 0 fully saturated rings. The zero-order valence-corrected chi connectivity index (χ0v) is 26.7. The third-order valence-corrected chi connectivity index (χ3v) is 10.1. The number of para-hydroxylation sites is 1. The highest BCUT2D eigenvalue weighted by Gasteiger charge is 2.22. The first-order valence-electron chi connectivity index (χ1n) is 16.8. The summed E-state index contributed by atoms with van der Waals surface area (Å²) in [6, 6.07) is 63.9. The molecule has 0 saturated heterocycles. The first kappa shape index (κ1) is 27.6. The summed E-state index contributed by atoms with van der Waals surface area (Å²) in [6.07, 6.45) is 1.88. The van der Waals surface area contributed by atoms with Crippen LogP contribution in [0.2, 0.25) is 0 Å². The smallest absolute Gasteiger partial charge is 0.145 e. The molecule has 1 aliphatic rings. The molecule has 1 aliphatic carbocycles. The van der Waals surface area contributed by atoms with E-state index in [0.29, 0.717) is 0 Å². The van der Waals surface area contributed by atoms with E-state index in [2.05, 4.69) is 174 Å². The van der Waals surface area contributed by atoms with E-state index >= 15 is 0 Å². The summed E-state index contributed by atoms with van der Waals surface area (Å²) < 4.78 is 2.26. The molecule has 2 aromatic heterocycles. The van der Waals surface area contributed by atoms with Gasteiger partial charge in [-0.2, -0.15) is 0 Å². The van der Waals surface area contributed by atoms with Crippen LogP contribution in [0.15, 0.2) is 182 Å². The molecule has 2 heteroatoms. The summed E-state index contributed by atoms with van der Waals surface area (Å²) >= 11 is 0. The summed E-state index contributed by atoms with van der Waals surface area (Å²) in [5.74, 6) is 0. The SMILES string of the molecule is c1ccc(-n2c3ccc(-c4ccc(-c5ccc6c(c5)-c5ccccc5-c5ccccc5-c5ccccc5-6)cc4)cc3c3cccnc32)cc1. The lowest BCUT2D eigenvalue weighted by Gasteiger charge is -2.23. The van der Waals surface area contributed by atoms with E-state index < -0.39 is 0 Å². The van der Waals surface area contributed by atoms with Gasteiger partial charge in [0.2, 0.25) is 0 Å². The van der Waals surface area contributed by atoms with Crippen LogP contribution in [0.25, 0.3) is 94.4 Å². The summed E-state index contributed by atoms with van der Waals surface area (Å²) in [7, 11) is 0. The average molecular weight is 623 g/mol. The summed E-state index contributed by atoms with van der Waals surface area (Å²) in [5.41, 5.74) is 18.2. The normalized spacial score (nSPS) is 11.7. The first-order chi connectivity index (χ1) is 24.3. The molecule has 0 spiro atoms. The summed E-state index contributed by atoms with van der Waals surface area (Å²) in [5, 5.41) is 2.36. The molecule has 0 atom stereocenters. The van der Waals surface area contributed by atoms with Crippen LogP contribution in [-0.4, -0.2) is 9.55 Å². The molecule has 0 unspecified atom stereocenters. The van der Waals surface area contributed by atoms with Crippen LogP contribution in [0.1, 0.15) is 0 Å². The van der Waals surface area contributed by atoms with Crippen LogP contribution < -0.4 is 0 Å². The lowest BCUT2D eigenvalue weighted by Crippen LogP contribution is -1.97. The van der Waals surface area contributed by atoms with Crippen molar-refractivity contribution in [1.29, 1.82) is 0 Å². The Kier molecular flexibility index (Phi) is 6.22. The molecule has 2 nitrogen and oxygen atoms in total. The number of nitrogens with zero attached hydrogens (tertiary/aromatic N) is 2. The highest BCUT2D eigenvalue weighted by atomic mass is 15.0.